The third kappa shape index (κ3) is 2.48. The van der Waals surface area contributed by atoms with Gasteiger partial charge in [0.15, 0.2) is 6.61 Å². The van der Waals surface area contributed by atoms with Crippen LogP contribution < -0.4 is 10.5 Å². The van der Waals surface area contributed by atoms with E-state index in [2.05, 4.69) is 0 Å². The molecule has 0 spiro atoms. The minimum Gasteiger partial charge on any atom is -0.478 e. The minimum atomic E-state index is -0.0794. The van der Waals surface area contributed by atoms with Crippen LogP contribution in [-0.2, 0) is 0 Å². The summed E-state index contributed by atoms with van der Waals surface area (Å²) in [7, 11) is 0. The maximum absolute atomic E-state index is 8.42. The van der Waals surface area contributed by atoms with Gasteiger partial charge in [0.2, 0.25) is 0 Å². The highest BCUT2D eigenvalue weighted by Crippen LogP contribution is 2.24. The Bertz CT molecular complexity index is 353. The van der Waals surface area contributed by atoms with Crippen LogP contribution in [0.5, 0.6) is 5.75 Å². The van der Waals surface area contributed by atoms with Crippen LogP contribution in [0, 0.1) is 18.3 Å². The standard InChI is InChI=1S/C11H14N2O/c1-8-3-4-10(9(2)13)11(7-8)14-6-5-12/h3-4,7,9H,6,13H2,1-2H3. The van der Waals surface area contributed by atoms with Crippen molar-refractivity contribution in [1.29, 1.82) is 5.26 Å². The van der Waals surface area contributed by atoms with E-state index in [1.54, 1.807) is 0 Å². The van der Waals surface area contributed by atoms with E-state index < -0.39 is 0 Å². The third-order valence-electron chi connectivity index (χ3n) is 1.95. The molecule has 0 radical (unpaired) electrons. The number of hydrogen-bond acceptors (Lipinski definition) is 3. The lowest BCUT2D eigenvalue weighted by molar-refractivity contribution is 0.361. The van der Waals surface area contributed by atoms with Crippen LogP contribution in [-0.4, -0.2) is 6.61 Å². The fourth-order valence-electron chi connectivity index (χ4n) is 1.25. The first kappa shape index (κ1) is 10.6. The molecule has 2 N–H and O–H groups in total. The Morgan fingerprint density at radius 2 is 2.29 bits per heavy atom. The van der Waals surface area contributed by atoms with Crippen LogP contribution in [0.1, 0.15) is 24.1 Å². The molecule has 0 heterocycles. The molecule has 0 fully saturated rings. The van der Waals surface area contributed by atoms with Gasteiger partial charge in [0.05, 0.1) is 0 Å². The number of rotatable bonds is 3. The minimum absolute atomic E-state index is 0.0587. The van der Waals surface area contributed by atoms with E-state index in [1.165, 1.54) is 0 Å². The topological polar surface area (TPSA) is 59.0 Å². The summed E-state index contributed by atoms with van der Waals surface area (Å²) in [6, 6.07) is 7.68. The second kappa shape index (κ2) is 4.64. The van der Waals surface area contributed by atoms with Crippen LogP contribution in [0.3, 0.4) is 0 Å². The number of nitrogens with two attached hydrogens (primary N) is 1. The average molecular weight is 190 g/mol. The molecule has 0 saturated heterocycles. The Balaban J connectivity index is 2.98. The molecular formula is C11H14N2O. The Morgan fingerprint density at radius 1 is 1.57 bits per heavy atom. The lowest BCUT2D eigenvalue weighted by Gasteiger charge is -2.12. The predicted molar refractivity (Wildman–Crippen MR) is 54.9 cm³/mol. The highest BCUT2D eigenvalue weighted by atomic mass is 16.5. The van der Waals surface area contributed by atoms with Crippen molar-refractivity contribution >= 4 is 0 Å². The van der Waals surface area contributed by atoms with Gasteiger partial charge in [-0.2, -0.15) is 5.26 Å². The second-order valence-electron chi connectivity index (χ2n) is 3.28. The third-order valence-corrected chi connectivity index (χ3v) is 1.95. The fraction of sp³-hybridized carbons (Fsp3) is 0.364. The van der Waals surface area contributed by atoms with Gasteiger partial charge in [0, 0.05) is 11.6 Å². The van der Waals surface area contributed by atoms with Gasteiger partial charge in [-0.25, -0.2) is 0 Å². The average Bonchev–Trinajstić information content (AvgIpc) is 2.14. The van der Waals surface area contributed by atoms with E-state index in [-0.39, 0.29) is 12.6 Å². The van der Waals surface area contributed by atoms with Crippen molar-refractivity contribution in [3.63, 3.8) is 0 Å². The maximum Gasteiger partial charge on any atom is 0.174 e. The first-order valence-corrected chi connectivity index (χ1v) is 4.51. The first-order chi connectivity index (χ1) is 6.65. The van der Waals surface area contributed by atoms with E-state index in [0.29, 0.717) is 5.75 Å². The molecule has 3 heteroatoms. The second-order valence-corrected chi connectivity index (χ2v) is 3.28. The number of benzene rings is 1. The Kier molecular flexibility index (Phi) is 3.49. The van der Waals surface area contributed by atoms with E-state index in [1.807, 2.05) is 38.1 Å². The monoisotopic (exact) mass is 190 g/mol. The number of ether oxygens (including phenoxy) is 1. The van der Waals surface area contributed by atoms with E-state index in [4.69, 9.17) is 15.7 Å². The summed E-state index contributed by atoms with van der Waals surface area (Å²) >= 11 is 0. The van der Waals surface area contributed by atoms with Crippen molar-refractivity contribution in [3.8, 4) is 11.8 Å². The van der Waals surface area contributed by atoms with Crippen molar-refractivity contribution in [1.82, 2.24) is 0 Å². The van der Waals surface area contributed by atoms with Gasteiger partial charge in [0.1, 0.15) is 11.8 Å². The van der Waals surface area contributed by atoms with Crippen LogP contribution in [0.4, 0.5) is 0 Å². The molecule has 74 valence electrons. The summed E-state index contributed by atoms with van der Waals surface area (Å²) in [5.74, 6) is 0.710. The summed E-state index contributed by atoms with van der Waals surface area (Å²) in [5, 5.41) is 8.42. The molecular weight excluding hydrogens is 176 g/mol. The molecule has 0 amide bonds. The van der Waals surface area contributed by atoms with E-state index >= 15 is 0 Å². The van der Waals surface area contributed by atoms with Gasteiger partial charge in [-0.1, -0.05) is 12.1 Å². The van der Waals surface area contributed by atoms with Crippen molar-refractivity contribution in [2.24, 2.45) is 5.73 Å². The number of hydrogen-bond donors (Lipinski definition) is 1. The van der Waals surface area contributed by atoms with E-state index in [0.717, 1.165) is 11.1 Å². The van der Waals surface area contributed by atoms with Gasteiger partial charge < -0.3 is 10.5 Å². The molecule has 0 bridgehead atoms. The summed E-state index contributed by atoms with van der Waals surface area (Å²) < 4.78 is 5.29. The van der Waals surface area contributed by atoms with Gasteiger partial charge in [-0.05, 0) is 25.5 Å². The van der Waals surface area contributed by atoms with Crippen molar-refractivity contribution in [2.45, 2.75) is 19.9 Å². The Hall–Kier alpha value is -1.53. The summed E-state index contributed by atoms with van der Waals surface area (Å²) in [6.07, 6.45) is 0. The zero-order valence-corrected chi connectivity index (χ0v) is 8.45. The van der Waals surface area contributed by atoms with E-state index in [9.17, 15) is 0 Å². The van der Waals surface area contributed by atoms with Gasteiger partial charge in [-0.15, -0.1) is 0 Å². The maximum atomic E-state index is 8.42. The molecule has 1 atom stereocenters. The largest absolute Gasteiger partial charge is 0.478 e. The molecule has 1 unspecified atom stereocenters. The molecule has 0 aliphatic rings. The lowest BCUT2D eigenvalue weighted by atomic mass is 10.1. The quantitative estimate of drug-likeness (QED) is 0.792. The Morgan fingerprint density at radius 3 is 2.86 bits per heavy atom. The zero-order valence-electron chi connectivity index (χ0n) is 8.45. The highest BCUT2D eigenvalue weighted by Gasteiger charge is 2.07. The normalized spacial score (nSPS) is 11.9. The number of aryl methyl sites for hydroxylation is 1. The first-order valence-electron chi connectivity index (χ1n) is 4.51. The molecule has 1 aromatic carbocycles. The van der Waals surface area contributed by atoms with Crippen LogP contribution in [0.15, 0.2) is 18.2 Å². The fourth-order valence-corrected chi connectivity index (χ4v) is 1.25. The molecule has 3 nitrogen and oxygen atoms in total. The predicted octanol–water partition coefficient (Wildman–Crippen LogP) is 1.92. The van der Waals surface area contributed by atoms with Gasteiger partial charge >= 0.3 is 0 Å². The molecule has 1 aromatic rings. The van der Waals surface area contributed by atoms with Crippen molar-refractivity contribution in [3.05, 3.63) is 29.3 Å². The number of nitriles is 1. The molecule has 1 rings (SSSR count). The van der Waals surface area contributed by atoms with Crippen molar-refractivity contribution in [2.75, 3.05) is 6.61 Å². The SMILES string of the molecule is Cc1ccc(C(C)N)c(OCC#N)c1. The number of nitrogens with zero attached hydrogens (tertiary/aromatic N) is 1. The van der Waals surface area contributed by atoms with Crippen LogP contribution >= 0.6 is 0 Å². The van der Waals surface area contributed by atoms with Gasteiger partial charge in [0.25, 0.3) is 0 Å². The van der Waals surface area contributed by atoms with Gasteiger partial charge in [-0.3, -0.25) is 0 Å². The summed E-state index contributed by atoms with van der Waals surface area (Å²) in [4.78, 5) is 0. The molecule has 0 aromatic heterocycles. The van der Waals surface area contributed by atoms with Crippen LogP contribution in [0.2, 0.25) is 0 Å². The summed E-state index contributed by atoms with van der Waals surface area (Å²) in [5.41, 5.74) is 7.81. The molecule has 0 aliphatic heterocycles. The Labute approximate surface area is 84.1 Å². The van der Waals surface area contributed by atoms with Crippen LogP contribution in [0.25, 0.3) is 0 Å². The smallest absolute Gasteiger partial charge is 0.174 e. The molecule has 0 saturated carbocycles. The summed E-state index contributed by atoms with van der Waals surface area (Å²) in [6.45, 7) is 3.93. The highest BCUT2D eigenvalue weighted by molar-refractivity contribution is 5.39. The lowest BCUT2D eigenvalue weighted by Crippen LogP contribution is -2.08. The van der Waals surface area contributed by atoms with Crippen molar-refractivity contribution < 1.29 is 4.74 Å². The molecule has 14 heavy (non-hydrogen) atoms. The molecule has 0 aliphatic carbocycles. The zero-order chi connectivity index (χ0) is 10.6.